The van der Waals surface area contributed by atoms with E-state index in [4.69, 9.17) is 0 Å². The first-order chi connectivity index (χ1) is 28.3. The van der Waals surface area contributed by atoms with Crippen LogP contribution in [0.15, 0.2) is 115 Å². The quantitative estimate of drug-likeness (QED) is 0.164. The van der Waals surface area contributed by atoms with Gasteiger partial charge in [0.15, 0.2) is 0 Å². The molecule has 3 aliphatic rings. The second-order valence-corrected chi connectivity index (χ2v) is 22.2. The SMILES string of the molecule is Cc1cc2c3c(c1)N(c1ccccc1F)c1c(sc4ccc(C(C)(C)C)cc14)B3c1cc3c(cc1N2c1ccc(C(C)(C)C)cc1-c1ccccc1)C(C)(C)CCC3(C)C. The summed E-state index contributed by atoms with van der Waals surface area (Å²) in [6, 6.07) is 42.3. The number of aryl methyl sites for hydroxylation is 1. The third-order valence-corrected chi connectivity index (χ3v) is 15.1. The lowest BCUT2D eigenvalue weighted by molar-refractivity contribution is 0.332. The van der Waals surface area contributed by atoms with E-state index in [1.54, 1.807) is 12.1 Å². The zero-order valence-corrected chi connectivity index (χ0v) is 38.0. The number of para-hydroxylation sites is 1. The van der Waals surface area contributed by atoms with Crippen molar-refractivity contribution >= 4 is 78.0 Å². The highest BCUT2D eigenvalue weighted by molar-refractivity contribution is 7.33. The number of fused-ring (bicyclic) bond motifs is 7. The monoisotopic (exact) mass is 806 g/mol. The van der Waals surface area contributed by atoms with Crippen LogP contribution in [0.1, 0.15) is 110 Å². The van der Waals surface area contributed by atoms with Crippen molar-refractivity contribution in [3.8, 4) is 11.1 Å². The first kappa shape index (κ1) is 39.0. The van der Waals surface area contributed by atoms with Gasteiger partial charge in [-0.15, -0.1) is 11.3 Å². The maximum atomic E-state index is 16.6. The van der Waals surface area contributed by atoms with Gasteiger partial charge in [-0.2, -0.15) is 0 Å². The van der Waals surface area contributed by atoms with E-state index in [9.17, 15) is 0 Å². The molecule has 0 N–H and O–H groups in total. The van der Waals surface area contributed by atoms with Crippen LogP contribution in [0.3, 0.4) is 0 Å². The number of nitrogens with zero attached hydrogens (tertiary/aromatic N) is 2. The molecule has 10 rings (SSSR count). The van der Waals surface area contributed by atoms with E-state index in [2.05, 4.69) is 177 Å². The first-order valence-corrected chi connectivity index (χ1v) is 22.6. The predicted molar refractivity (Wildman–Crippen MR) is 259 cm³/mol. The second-order valence-electron chi connectivity index (χ2n) is 21.1. The molecule has 0 radical (unpaired) electrons. The average Bonchev–Trinajstić information content (AvgIpc) is 3.57. The summed E-state index contributed by atoms with van der Waals surface area (Å²) in [7, 11) is 0. The summed E-state index contributed by atoms with van der Waals surface area (Å²) in [5.74, 6) is -0.223. The number of rotatable bonds is 3. The minimum atomic E-state index is -0.223. The largest absolute Gasteiger partial charge is 0.311 e. The van der Waals surface area contributed by atoms with Crippen LogP contribution in [-0.4, -0.2) is 6.71 Å². The van der Waals surface area contributed by atoms with Gasteiger partial charge >= 0.3 is 0 Å². The lowest BCUT2D eigenvalue weighted by atomic mass is 9.35. The molecule has 2 aliphatic heterocycles. The maximum Gasteiger partial charge on any atom is 0.264 e. The van der Waals surface area contributed by atoms with Crippen LogP contribution < -0.4 is 25.5 Å². The Morgan fingerprint density at radius 1 is 0.600 bits per heavy atom. The molecule has 5 heteroatoms. The molecule has 0 amide bonds. The van der Waals surface area contributed by atoms with E-state index < -0.39 is 0 Å². The number of halogens is 1. The van der Waals surface area contributed by atoms with Crippen LogP contribution in [0.4, 0.5) is 38.5 Å². The number of thiophene rings is 1. The summed E-state index contributed by atoms with van der Waals surface area (Å²) in [5, 5.41) is 1.19. The average molecular weight is 807 g/mol. The molecule has 0 fully saturated rings. The molecule has 0 bridgehead atoms. The Hall–Kier alpha value is -5.13. The normalized spacial score (nSPS) is 16.4. The van der Waals surface area contributed by atoms with Gasteiger partial charge in [-0.25, -0.2) is 4.39 Å². The Kier molecular flexibility index (Phi) is 8.58. The summed E-state index contributed by atoms with van der Waals surface area (Å²) in [4.78, 5) is 4.85. The summed E-state index contributed by atoms with van der Waals surface area (Å²) >= 11 is 1.89. The molecule has 0 saturated carbocycles. The molecule has 6 aromatic carbocycles. The van der Waals surface area contributed by atoms with Gasteiger partial charge in [0.2, 0.25) is 0 Å². The van der Waals surface area contributed by atoms with Crippen LogP contribution in [0.5, 0.6) is 0 Å². The van der Waals surface area contributed by atoms with Crippen molar-refractivity contribution in [1.82, 2.24) is 0 Å². The van der Waals surface area contributed by atoms with Crippen molar-refractivity contribution in [2.45, 2.75) is 111 Å². The molecular weight excluding hydrogens is 750 g/mol. The molecular formula is C55H56BFN2S. The van der Waals surface area contributed by atoms with Crippen LogP contribution in [-0.2, 0) is 21.7 Å². The van der Waals surface area contributed by atoms with Crippen molar-refractivity contribution < 1.29 is 4.39 Å². The topological polar surface area (TPSA) is 6.48 Å². The van der Waals surface area contributed by atoms with E-state index in [0.29, 0.717) is 5.69 Å². The fourth-order valence-electron chi connectivity index (χ4n) is 10.3. The molecule has 2 nitrogen and oxygen atoms in total. The number of anilines is 6. The van der Waals surface area contributed by atoms with Crippen molar-refractivity contribution in [1.29, 1.82) is 0 Å². The van der Waals surface area contributed by atoms with Gasteiger partial charge in [0.1, 0.15) is 5.82 Å². The fraction of sp³-hybridized carbons (Fsp3) is 0.309. The Balaban J connectivity index is 1.37. The highest BCUT2D eigenvalue weighted by Crippen LogP contribution is 2.53. The van der Waals surface area contributed by atoms with Gasteiger partial charge < -0.3 is 9.80 Å². The number of benzene rings is 6. The molecule has 1 aliphatic carbocycles. The van der Waals surface area contributed by atoms with Crippen molar-refractivity contribution in [2.24, 2.45) is 0 Å². The molecule has 0 spiro atoms. The van der Waals surface area contributed by atoms with Gasteiger partial charge in [-0.3, -0.25) is 0 Å². The third-order valence-electron chi connectivity index (χ3n) is 13.9. The molecule has 302 valence electrons. The van der Waals surface area contributed by atoms with Gasteiger partial charge in [-0.05, 0) is 140 Å². The predicted octanol–water partition coefficient (Wildman–Crippen LogP) is 14.0. The number of hydrogen-bond donors (Lipinski definition) is 0. The second kappa shape index (κ2) is 13.2. The summed E-state index contributed by atoms with van der Waals surface area (Å²) in [6.07, 6.45) is 2.27. The van der Waals surface area contributed by atoms with Crippen LogP contribution in [0.25, 0.3) is 21.2 Å². The van der Waals surface area contributed by atoms with Crippen molar-refractivity contribution in [3.05, 3.63) is 149 Å². The lowest BCUT2D eigenvalue weighted by Crippen LogP contribution is -2.61. The van der Waals surface area contributed by atoms with Crippen LogP contribution >= 0.6 is 11.3 Å². The van der Waals surface area contributed by atoms with Gasteiger partial charge in [0.25, 0.3) is 6.71 Å². The van der Waals surface area contributed by atoms with Crippen molar-refractivity contribution in [3.63, 3.8) is 0 Å². The van der Waals surface area contributed by atoms with E-state index in [0.717, 1.165) is 41.2 Å². The van der Waals surface area contributed by atoms with E-state index in [1.807, 2.05) is 23.5 Å². The summed E-state index contributed by atoms with van der Waals surface area (Å²) in [5.41, 5.74) is 17.8. The highest BCUT2D eigenvalue weighted by atomic mass is 32.1. The molecule has 0 unspecified atom stereocenters. The Labute approximate surface area is 361 Å². The van der Waals surface area contributed by atoms with Gasteiger partial charge in [0.05, 0.1) is 17.1 Å². The Bertz CT molecular complexity index is 2890. The Morgan fingerprint density at radius 2 is 1.20 bits per heavy atom. The lowest BCUT2D eigenvalue weighted by Gasteiger charge is -2.47. The zero-order chi connectivity index (χ0) is 42.3. The minimum absolute atomic E-state index is 0.0161. The zero-order valence-electron chi connectivity index (χ0n) is 37.1. The fourth-order valence-corrected chi connectivity index (χ4v) is 11.6. The molecule has 3 heterocycles. The van der Waals surface area contributed by atoms with E-state index in [-0.39, 0.29) is 34.2 Å². The molecule has 0 saturated heterocycles. The first-order valence-electron chi connectivity index (χ1n) is 21.8. The minimum Gasteiger partial charge on any atom is -0.311 e. The smallest absolute Gasteiger partial charge is 0.264 e. The standard InChI is InChI=1S/C55H56BFN2S/c1-33-27-46-49-47(28-33)59(44-20-16-15-19-42(44)57)50-38-30-36(53(5,6)7)22-24-48(38)60-51(50)56(49)41-31-39-40(55(10,11)26-25-54(39,8)9)32-45(41)58(46)43-23-21-35(52(2,3)4)29-37(43)34-17-13-12-14-18-34/h12-24,27-32H,25-26H2,1-11H3. The number of hydrogen-bond acceptors (Lipinski definition) is 3. The Morgan fingerprint density at radius 3 is 1.87 bits per heavy atom. The van der Waals surface area contributed by atoms with Gasteiger partial charge in [0, 0.05) is 37.5 Å². The maximum absolute atomic E-state index is 16.6. The molecule has 1 aromatic heterocycles. The highest BCUT2D eigenvalue weighted by Gasteiger charge is 2.48. The van der Waals surface area contributed by atoms with E-state index in [1.165, 1.54) is 64.9 Å². The third kappa shape index (κ3) is 5.93. The summed E-state index contributed by atoms with van der Waals surface area (Å²) in [6.45, 7) is 25.7. The van der Waals surface area contributed by atoms with Gasteiger partial charge in [-0.1, -0.05) is 130 Å². The summed E-state index contributed by atoms with van der Waals surface area (Å²) < 4.78 is 19.1. The van der Waals surface area contributed by atoms with E-state index >= 15 is 4.39 Å². The van der Waals surface area contributed by atoms with Crippen LogP contribution in [0.2, 0.25) is 0 Å². The molecule has 60 heavy (non-hydrogen) atoms. The molecule has 0 atom stereocenters. The molecule has 7 aromatic rings. The van der Waals surface area contributed by atoms with Crippen molar-refractivity contribution in [2.75, 3.05) is 9.80 Å². The van der Waals surface area contributed by atoms with Crippen LogP contribution in [0, 0.1) is 12.7 Å².